The molecule has 6 atom stereocenters. The largest absolute Gasteiger partial charge is 0.491 e. The van der Waals surface area contributed by atoms with E-state index in [9.17, 15) is 9.59 Å². The number of thiol groups is 1. The zero-order valence-electron chi connectivity index (χ0n) is 29.0. The van der Waals surface area contributed by atoms with E-state index in [4.69, 9.17) is 22.1 Å². The lowest BCUT2D eigenvalue weighted by atomic mass is 9.67. The normalized spacial score (nSPS) is 20.7. The van der Waals surface area contributed by atoms with Crippen molar-refractivity contribution in [2.75, 3.05) is 38.3 Å². The maximum atomic E-state index is 12.2. The minimum absolute atomic E-state index is 0.0935. The maximum absolute atomic E-state index is 12.2. The van der Waals surface area contributed by atoms with Crippen LogP contribution in [0.15, 0.2) is 48.6 Å². The third-order valence-corrected chi connectivity index (χ3v) is 9.83. The summed E-state index contributed by atoms with van der Waals surface area (Å²) in [5, 5.41) is 1.06. The van der Waals surface area contributed by atoms with Crippen LogP contribution in [0.4, 0.5) is 5.69 Å². The van der Waals surface area contributed by atoms with E-state index in [-0.39, 0.29) is 11.8 Å². The topological polar surface area (TPSA) is 81.9 Å². The summed E-state index contributed by atoms with van der Waals surface area (Å²) in [7, 11) is 1.68. The number of methoxy groups -OCH3 is 1. The molecule has 46 heavy (non-hydrogen) atoms. The van der Waals surface area contributed by atoms with Gasteiger partial charge in [-0.2, -0.15) is 12.6 Å². The van der Waals surface area contributed by atoms with E-state index in [2.05, 4.69) is 67.3 Å². The van der Waals surface area contributed by atoms with Gasteiger partial charge >= 0.3 is 0 Å². The van der Waals surface area contributed by atoms with Gasteiger partial charge in [-0.05, 0) is 91.8 Å². The van der Waals surface area contributed by atoms with Gasteiger partial charge in [0.15, 0.2) is 0 Å². The first-order valence-electron chi connectivity index (χ1n) is 17.0. The molecule has 2 aliphatic rings. The average Bonchev–Trinajstić information content (AvgIpc) is 3.22. The van der Waals surface area contributed by atoms with Gasteiger partial charge in [0.25, 0.3) is 0 Å². The minimum atomic E-state index is -0.455. The number of ether oxygens (including phenoxy) is 2. The number of benzene rings is 2. The molecule has 0 radical (unpaired) electrons. The second-order valence-corrected chi connectivity index (χ2v) is 13.5. The summed E-state index contributed by atoms with van der Waals surface area (Å²) in [5.74, 6) is 1.47. The Hall–Kier alpha value is -2.48. The van der Waals surface area contributed by atoms with Crippen molar-refractivity contribution in [1.82, 2.24) is 0 Å². The average molecular weight is 673 g/mol. The summed E-state index contributed by atoms with van der Waals surface area (Å²) in [4.78, 5) is 26.6. The maximum Gasteiger partial charge on any atom is 0.248 e. The number of aryl methyl sites for hydroxylation is 1. The summed E-state index contributed by atoms with van der Waals surface area (Å²) >= 11 is 10.9. The van der Waals surface area contributed by atoms with E-state index in [1.54, 1.807) is 13.2 Å². The molecule has 1 amide bonds. The Morgan fingerprint density at radius 2 is 1.89 bits per heavy atom. The molecule has 6 nitrogen and oxygen atoms in total. The van der Waals surface area contributed by atoms with E-state index in [0.717, 1.165) is 74.5 Å². The Morgan fingerprint density at radius 3 is 2.46 bits per heavy atom. The minimum Gasteiger partial charge on any atom is -0.491 e. The van der Waals surface area contributed by atoms with Crippen LogP contribution in [-0.2, 0) is 16.0 Å². The van der Waals surface area contributed by atoms with Crippen LogP contribution in [0.2, 0.25) is 5.02 Å². The molecule has 2 N–H and O–H groups in total. The molecule has 1 fully saturated rings. The molecule has 8 heteroatoms. The lowest BCUT2D eigenvalue weighted by Crippen LogP contribution is -2.42. The van der Waals surface area contributed by atoms with Crippen LogP contribution in [0.1, 0.15) is 94.6 Å². The van der Waals surface area contributed by atoms with Gasteiger partial charge in [0.2, 0.25) is 5.91 Å². The highest BCUT2D eigenvalue weighted by atomic mass is 35.5. The molecular formula is C38H57ClN2O4S. The molecule has 0 bridgehead atoms. The Morgan fingerprint density at radius 1 is 1.17 bits per heavy atom. The SMILES string of the molecule is CC.CCCc1cc(Cl)ccc1C1COc2ccc(C(N)=O)cc2N(CC2CCC2C(C=O)/C=C/CC(C)C(C)S)C1.CCOC. The standard InChI is InChI=1S/C33H43ClN2O3S.C3H8O.C2H6/c1-4-6-23-15-28(34)11-13-29(23)27-18-36(31-16-24(33(35)38)10-14-32(31)39-20-27)17-25-9-12-30(25)26(19-37)8-5-7-21(2)22(3)40;1-3-4-2;1-2/h5,8,10-11,13-16,19,21-22,25-27,30,40H,4,6-7,9,12,17-18,20H2,1-3H3,(H2,35,38);3H2,1-2H3;1-2H3/b8-5+;;. The lowest BCUT2D eigenvalue weighted by Gasteiger charge is -2.43. The molecule has 0 saturated heterocycles. The van der Waals surface area contributed by atoms with Gasteiger partial charge in [0.05, 0.1) is 12.3 Å². The van der Waals surface area contributed by atoms with E-state index in [0.29, 0.717) is 35.2 Å². The molecule has 4 rings (SSSR count). The van der Waals surface area contributed by atoms with Gasteiger partial charge < -0.3 is 24.9 Å². The van der Waals surface area contributed by atoms with Crippen LogP contribution in [0, 0.1) is 23.7 Å². The van der Waals surface area contributed by atoms with Crippen LogP contribution >= 0.6 is 24.2 Å². The zero-order chi connectivity index (χ0) is 34.2. The number of carbonyl (C=O) groups is 2. The summed E-state index contributed by atoms with van der Waals surface area (Å²) in [6.07, 6.45) is 10.4. The van der Waals surface area contributed by atoms with Crippen molar-refractivity contribution < 1.29 is 19.1 Å². The highest BCUT2D eigenvalue weighted by Crippen LogP contribution is 2.44. The number of halogens is 1. The third kappa shape index (κ3) is 11.3. The number of rotatable bonds is 13. The van der Waals surface area contributed by atoms with Crippen molar-refractivity contribution in [3.05, 3.63) is 70.3 Å². The van der Waals surface area contributed by atoms with Crippen molar-refractivity contribution in [2.45, 2.75) is 84.8 Å². The first kappa shape index (κ1) is 39.7. The molecule has 0 aromatic heterocycles. The van der Waals surface area contributed by atoms with Gasteiger partial charge in [-0.25, -0.2) is 0 Å². The highest BCUT2D eigenvalue weighted by Gasteiger charge is 2.38. The number of aldehydes is 1. The number of hydrogen-bond donors (Lipinski definition) is 2. The Kier molecular flexibility index (Phi) is 17.9. The predicted octanol–water partition coefficient (Wildman–Crippen LogP) is 8.79. The molecule has 1 aliphatic carbocycles. The number of carbonyl (C=O) groups excluding carboxylic acids is 2. The van der Waals surface area contributed by atoms with Gasteiger partial charge in [-0.3, -0.25) is 4.79 Å². The van der Waals surface area contributed by atoms with E-state index in [1.807, 2.05) is 39.0 Å². The number of primary amides is 1. The monoisotopic (exact) mass is 672 g/mol. The molecule has 2 aromatic rings. The number of nitrogens with zero attached hydrogens (tertiary/aromatic N) is 1. The van der Waals surface area contributed by atoms with Crippen molar-refractivity contribution in [2.24, 2.45) is 29.4 Å². The molecular weight excluding hydrogens is 616 g/mol. The Bertz CT molecular complexity index is 1250. The fourth-order valence-corrected chi connectivity index (χ4v) is 6.33. The molecule has 256 valence electrons. The summed E-state index contributed by atoms with van der Waals surface area (Å²) in [5.41, 5.74) is 9.53. The van der Waals surface area contributed by atoms with Crippen LogP contribution < -0.4 is 15.4 Å². The first-order chi connectivity index (χ1) is 22.1. The Balaban J connectivity index is 0.00000114. The molecule has 1 aliphatic heterocycles. The third-order valence-electron chi connectivity index (χ3n) is 9.09. The van der Waals surface area contributed by atoms with E-state index in [1.165, 1.54) is 11.1 Å². The van der Waals surface area contributed by atoms with Crippen LogP contribution in [0.3, 0.4) is 0 Å². The summed E-state index contributed by atoms with van der Waals surface area (Å²) < 4.78 is 10.9. The molecule has 1 heterocycles. The van der Waals surface area contributed by atoms with Gasteiger partial charge in [-0.15, -0.1) is 0 Å². The van der Waals surface area contributed by atoms with Crippen molar-refractivity contribution in [3.8, 4) is 5.75 Å². The summed E-state index contributed by atoms with van der Waals surface area (Å²) in [6, 6.07) is 11.6. The molecule has 6 unspecified atom stereocenters. The smallest absolute Gasteiger partial charge is 0.248 e. The highest BCUT2D eigenvalue weighted by molar-refractivity contribution is 7.80. The first-order valence-corrected chi connectivity index (χ1v) is 17.9. The quantitative estimate of drug-likeness (QED) is 0.126. The van der Waals surface area contributed by atoms with Gasteiger partial charge in [0.1, 0.15) is 12.0 Å². The van der Waals surface area contributed by atoms with Crippen LogP contribution in [-0.4, -0.2) is 50.9 Å². The fourth-order valence-electron chi connectivity index (χ4n) is 6.01. The number of hydrogen-bond acceptors (Lipinski definition) is 6. The van der Waals surface area contributed by atoms with Crippen molar-refractivity contribution >= 4 is 42.1 Å². The van der Waals surface area contributed by atoms with Gasteiger partial charge in [-0.1, -0.05) is 70.9 Å². The zero-order valence-corrected chi connectivity index (χ0v) is 30.7. The number of amides is 1. The predicted molar refractivity (Wildman–Crippen MR) is 197 cm³/mol. The van der Waals surface area contributed by atoms with E-state index >= 15 is 0 Å². The van der Waals surface area contributed by atoms with Crippen LogP contribution in [0.5, 0.6) is 5.75 Å². The number of allylic oxidation sites excluding steroid dienone is 2. The van der Waals surface area contributed by atoms with Crippen molar-refractivity contribution in [3.63, 3.8) is 0 Å². The van der Waals surface area contributed by atoms with E-state index < -0.39 is 5.91 Å². The fraction of sp³-hybridized carbons (Fsp3) is 0.579. The van der Waals surface area contributed by atoms with Gasteiger partial charge in [0, 0.05) is 54.5 Å². The number of fused-ring (bicyclic) bond motifs is 1. The van der Waals surface area contributed by atoms with Crippen molar-refractivity contribution in [1.29, 1.82) is 0 Å². The second kappa shape index (κ2) is 20.7. The summed E-state index contributed by atoms with van der Waals surface area (Å²) in [6.45, 7) is 15.3. The molecule has 2 aromatic carbocycles. The number of anilines is 1. The second-order valence-electron chi connectivity index (χ2n) is 12.2. The molecule has 1 saturated carbocycles. The molecule has 0 spiro atoms. The number of nitrogens with two attached hydrogens (primary N) is 1. The lowest BCUT2D eigenvalue weighted by molar-refractivity contribution is -0.112. The van der Waals surface area contributed by atoms with Crippen LogP contribution in [0.25, 0.3) is 0 Å². The Labute approximate surface area is 288 Å².